The average molecular weight is 266 g/mol. The van der Waals surface area contributed by atoms with E-state index < -0.39 is 15.7 Å². The highest BCUT2D eigenvalue weighted by Gasteiger charge is 2.12. The number of sulfone groups is 1. The molecule has 1 aromatic rings. The second-order valence-corrected chi connectivity index (χ2v) is 6.35. The van der Waals surface area contributed by atoms with E-state index in [1.807, 2.05) is 0 Å². The van der Waals surface area contributed by atoms with Crippen molar-refractivity contribution in [2.75, 3.05) is 17.3 Å². The molecule has 0 saturated heterocycles. The van der Waals surface area contributed by atoms with Crippen LogP contribution in [0.1, 0.15) is 6.92 Å². The van der Waals surface area contributed by atoms with E-state index in [-0.39, 0.29) is 11.8 Å². The molecule has 0 aliphatic heterocycles. The van der Waals surface area contributed by atoms with E-state index in [2.05, 4.69) is 5.32 Å². The van der Waals surface area contributed by atoms with Gasteiger partial charge >= 0.3 is 0 Å². The highest BCUT2D eigenvalue weighted by Crippen LogP contribution is 2.23. The molecule has 6 heteroatoms. The van der Waals surface area contributed by atoms with E-state index in [1.54, 1.807) is 6.92 Å². The summed E-state index contributed by atoms with van der Waals surface area (Å²) in [5.41, 5.74) is 0.401. The van der Waals surface area contributed by atoms with Gasteiger partial charge in [-0.25, -0.2) is 12.8 Å². The third kappa shape index (κ3) is 4.37. The molecule has 0 fully saturated rings. The Hall–Kier alpha value is -0.810. The molecule has 0 aliphatic carbocycles. The lowest BCUT2D eigenvalue weighted by atomic mass is 10.3. The summed E-state index contributed by atoms with van der Waals surface area (Å²) in [6.07, 6.45) is 1.15. The zero-order valence-corrected chi connectivity index (χ0v) is 10.6. The SMILES string of the molecule is CC(CS(C)(=O)=O)Nc1cc(F)ccc1Cl. The van der Waals surface area contributed by atoms with Crippen LogP contribution >= 0.6 is 11.6 Å². The van der Waals surface area contributed by atoms with Crippen LogP contribution in [0.3, 0.4) is 0 Å². The maximum atomic E-state index is 12.9. The highest BCUT2D eigenvalue weighted by atomic mass is 35.5. The normalized spacial score (nSPS) is 13.5. The lowest BCUT2D eigenvalue weighted by molar-refractivity contribution is 0.598. The Morgan fingerprint density at radius 1 is 1.50 bits per heavy atom. The molecule has 90 valence electrons. The van der Waals surface area contributed by atoms with Gasteiger partial charge in [-0.1, -0.05) is 11.6 Å². The zero-order chi connectivity index (χ0) is 12.3. The lowest BCUT2D eigenvalue weighted by Gasteiger charge is -2.15. The Morgan fingerprint density at radius 2 is 2.12 bits per heavy atom. The fourth-order valence-electron chi connectivity index (χ4n) is 1.37. The smallest absolute Gasteiger partial charge is 0.149 e. The van der Waals surface area contributed by atoms with Gasteiger partial charge in [0.1, 0.15) is 15.7 Å². The molecule has 0 spiro atoms. The van der Waals surface area contributed by atoms with Gasteiger partial charge < -0.3 is 5.32 Å². The third-order valence-electron chi connectivity index (χ3n) is 1.88. The third-order valence-corrected chi connectivity index (χ3v) is 3.32. The second-order valence-electron chi connectivity index (χ2n) is 3.76. The van der Waals surface area contributed by atoms with Crippen LogP contribution in [-0.4, -0.2) is 26.5 Å². The average Bonchev–Trinajstić information content (AvgIpc) is 2.08. The zero-order valence-electron chi connectivity index (χ0n) is 9.00. The summed E-state index contributed by atoms with van der Waals surface area (Å²) >= 11 is 5.83. The monoisotopic (exact) mass is 265 g/mol. The van der Waals surface area contributed by atoms with Gasteiger partial charge in [-0.05, 0) is 25.1 Å². The molecule has 0 radical (unpaired) electrons. The van der Waals surface area contributed by atoms with Gasteiger partial charge in [0.25, 0.3) is 0 Å². The Bertz CT molecular complexity index is 476. The van der Waals surface area contributed by atoms with Crippen LogP contribution in [0.4, 0.5) is 10.1 Å². The first-order chi connectivity index (χ1) is 7.28. The minimum atomic E-state index is -3.07. The fraction of sp³-hybridized carbons (Fsp3) is 0.400. The van der Waals surface area contributed by atoms with Crippen LogP contribution in [-0.2, 0) is 9.84 Å². The van der Waals surface area contributed by atoms with Crippen molar-refractivity contribution < 1.29 is 12.8 Å². The molecule has 0 saturated carbocycles. The summed E-state index contributed by atoms with van der Waals surface area (Å²) in [6, 6.07) is 3.58. The minimum Gasteiger partial charge on any atom is -0.380 e. The van der Waals surface area contributed by atoms with Crippen LogP contribution in [0.2, 0.25) is 5.02 Å². The van der Waals surface area contributed by atoms with Crippen molar-refractivity contribution in [3.63, 3.8) is 0 Å². The molecule has 0 aliphatic rings. The van der Waals surface area contributed by atoms with Crippen molar-refractivity contribution >= 4 is 27.1 Å². The molecule has 0 amide bonds. The standard InChI is InChI=1S/C10H13ClFNO2S/c1-7(6-16(2,14)15)13-10-5-8(12)3-4-9(10)11/h3-5,7,13H,6H2,1-2H3. The largest absolute Gasteiger partial charge is 0.380 e. The molecule has 1 aromatic carbocycles. The number of rotatable bonds is 4. The number of hydrogen-bond acceptors (Lipinski definition) is 3. The number of hydrogen-bond donors (Lipinski definition) is 1. The minimum absolute atomic E-state index is 0.0279. The Balaban J connectivity index is 2.77. The maximum absolute atomic E-state index is 12.9. The van der Waals surface area contributed by atoms with Crippen LogP contribution in [0.25, 0.3) is 0 Å². The van der Waals surface area contributed by atoms with Crippen LogP contribution in [0.5, 0.6) is 0 Å². The van der Waals surface area contributed by atoms with Crippen molar-refractivity contribution in [1.29, 1.82) is 0 Å². The second kappa shape index (κ2) is 5.01. The van der Waals surface area contributed by atoms with Crippen molar-refractivity contribution in [1.82, 2.24) is 0 Å². The molecule has 1 rings (SSSR count). The lowest BCUT2D eigenvalue weighted by Crippen LogP contribution is -2.25. The van der Waals surface area contributed by atoms with Gasteiger partial charge in [-0.2, -0.15) is 0 Å². The van der Waals surface area contributed by atoms with Gasteiger partial charge in [0.05, 0.1) is 16.5 Å². The maximum Gasteiger partial charge on any atom is 0.149 e. The van der Waals surface area contributed by atoms with E-state index in [4.69, 9.17) is 11.6 Å². The Kier molecular flexibility index (Phi) is 4.15. The van der Waals surface area contributed by atoms with E-state index in [9.17, 15) is 12.8 Å². The van der Waals surface area contributed by atoms with Crippen LogP contribution < -0.4 is 5.32 Å². The molecular formula is C10H13ClFNO2S. The first kappa shape index (κ1) is 13.3. The first-order valence-electron chi connectivity index (χ1n) is 4.67. The quantitative estimate of drug-likeness (QED) is 0.909. The number of halogens is 2. The summed E-state index contributed by atoms with van der Waals surface area (Å²) < 4.78 is 35.0. The molecule has 1 N–H and O–H groups in total. The predicted molar refractivity (Wildman–Crippen MR) is 64.2 cm³/mol. The Labute approximate surface area is 99.5 Å². The number of anilines is 1. The molecule has 3 nitrogen and oxygen atoms in total. The van der Waals surface area contributed by atoms with Gasteiger partial charge in [-0.3, -0.25) is 0 Å². The van der Waals surface area contributed by atoms with E-state index >= 15 is 0 Å². The van der Waals surface area contributed by atoms with Crippen molar-refractivity contribution in [3.05, 3.63) is 29.0 Å². The molecule has 0 bridgehead atoms. The summed E-state index contributed by atoms with van der Waals surface area (Å²) in [5, 5.41) is 3.22. The number of benzene rings is 1. The molecule has 0 heterocycles. The topological polar surface area (TPSA) is 46.2 Å². The van der Waals surface area contributed by atoms with Crippen molar-refractivity contribution in [2.24, 2.45) is 0 Å². The molecular weight excluding hydrogens is 253 g/mol. The van der Waals surface area contributed by atoms with E-state index in [0.717, 1.165) is 6.26 Å². The van der Waals surface area contributed by atoms with E-state index in [0.29, 0.717) is 10.7 Å². The highest BCUT2D eigenvalue weighted by molar-refractivity contribution is 7.90. The van der Waals surface area contributed by atoms with Crippen LogP contribution in [0, 0.1) is 5.82 Å². The van der Waals surface area contributed by atoms with Crippen molar-refractivity contribution in [2.45, 2.75) is 13.0 Å². The summed E-state index contributed by atoms with van der Waals surface area (Å²) in [4.78, 5) is 0. The fourth-order valence-corrected chi connectivity index (χ4v) is 2.53. The first-order valence-corrected chi connectivity index (χ1v) is 7.11. The van der Waals surface area contributed by atoms with Crippen LogP contribution in [0.15, 0.2) is 18.2 Å². The van der Waals surface area contributed by atoms with Gasteiger partial charge in [0.15, 0.2) is 0 Å². The van der Waals surface area contributed by atoms with Gasteiger partial charge in [0, 0.05) is 12.3 Å². The number of nitrogens with one attached hydrogen (secondary N) is 1. The van der Waals surface area contributed by atoms with E-state index in [1.165, 1.54) is 18.2 Å². The summed E-state index contributed by atoms with van der Waals surface area (Å²) in [6.45, 7) is 1.70. The molecule has 1 unspecified atom stereocenters. The molecule has 1 atom stereocenters. The summed E-state index contributed by atoms with van der Waals surface area (Å²) in [7, 11) is -3.07. The van der Waals surface area contributed by atoms with Gasteiger partial charge in [-0.15, -0.1) is 0 Å². The molecule has 0 aromatic heterocycles. The predicted octanol–water partition coefficient (Wildman–Crippen LogP) is 2.32. The molecule has 16 heavy (non-hydrogen) atoms. The Morgan fingerprint density at radius 3 is 2.69 bits per heavy atom. The van der Waals surface area contributed by atoms with Gasteiger partial charge in [0.2, 0.25) is 0 Å². The summed E-state index contributed by atoms with van der Waals surface area (Å²) in [5.74, 6) is -0.446. The van der Waals surface area contributed by atoms with Crippen molar-refractivity contribution in [3.8, 4) is 0 Å².